The molecule has 1 N–H and O–H groups in total. The van der Waals surface area contributed by atoms with Gasteiger partial charge in [-0.2, -0.15) is 4.31 Å². The van der Waals surface area contributed by atoms with Crippen molar-refractivity contribution in [3.63, 3.8) is 0 Å². The molecule has 1 saturated heterocycles. The van der Waals surface area contributed by atoms with Crippen molar-refractivity contribution in [2.24, 2.45) is 0 Å². The van der Waals surface area contributed by atoms with Crippen molar-refractivity contribution in [3.05, 3.63) is 0 Å². The van der Waals surface area contributed by atoms with Crippen molar-refractivity contribution < 1.29 is 8.42 Å². The van der Waals surface area contributed by atoms with Gasteiger partial charge in [0.2, 0.25) is 10.0 Å². The van der Waals surface area contributed by atoms with Crippen LogP contribution in [0.4, 0.5) is 0 Å². The van der Waals surface area contributed by atoms with Crippen molar-refractivity contribution in [2.45, 2.75) is 64.2 Å². The van der Waals surface area contributed by atoms with Gasteiger partial charge in [-0.25, -0.2) is 8.42 Å². The van der Waals surface area contributed by atoms with Gasteiger partial charge in [0, 0.05) is 19.1 Å². The molecule has 0 aromatic carbocycles. The molecule has 2 atom stereocenters. The zero-order valence-corrected chi connectivity index (χ0v) is 12.8. The molecule has 2 unspecified atom stereocenters. The van der Waals surface area contributed by atoms with Gasteiger partial charge >= 0.3 is 0 Å². The molecule has 1 aliphatic rings. The molecular weight excluding hydrogens is 248 g/mol. The predicted octanol–water partition coefficient (Wildman–Crippen LogP) is 1.97. The monoisotopic (exact) mass is 276 g/mol. The molecule has 1 rings (SSSR count). The Bertz CT molecular complexity index is 330. The summed E-state index contributed by atoms with van der Waals surface area (Å²) in [5.41, 5.74) is 0. The van der Waals surface area contributed by atoms with E-state index < -0.39 is 10.0 Å². The Morgan fingerprint density at radius 2 is 2.00 bits per heavy atom. The van der Waals surface area contributed by atoms with Crippen LogP contribution in [0, 0.1) is 0 Å². The predicted molar refractivity (Wildman–Crippen MR) is 76.2 cm³/mol. The fourth-order valence-electron chi connectivity index (χ4n) is 2.58. The van der Waals surface area contributed by atoms with E-state index in [9.17, 15) is 8.42 Å². The minimum absolute atomic E-state index is 0.210. The van der Waals surface area contributed by atoms with Crippen LogP contribution in [-0.2, 0) is 10.0 Å². The van der Waals surface area contributed by atoms with E-state index in [0.29, 0.717) is 13.1 Å². The lowest BCUT2D eigenvalue weighted by Gasteiger charge is -2.31. The van der Waals surface area contributed by atoms with E-state index in [-0.39, 0.29) is 11.3 Å². The molecule has 108 valence electrons. The van der Waals surface area contributed by atoms with Gasteiger partial charge in [-0.15, -0.1) is 0 Å². The highest BCUT2D eigenvalue weighted by Crippen LogP contribution is 2.24. The van der Waals surface area contributed by atoms with Gasteiger partial charge in [0.1, 0.15) is 0 Å². The fourth-order valence-corrected chi connectivity index (χ4v) is 4.42. The lowest BCUT2D eigenvalue weighted by Crippen LogP contribution is -2.46. The van der Waals surface area contributed by atoms with Crippen molar-refractivity contribution >= 4 is 10.0 Å². The van der Waals surface area contributed by atoms with Crippen LogP contribution in [0.25, 0.3) is 0 Å². The Balaban J connectivity index is 2.79. The second kappa shape index (κ2) is 7.46. The van der Waals surface area contributed by atoms with Gasteiger partial charge in [-0.3, -0.25) is 0 Å². The van der Waals surface area contributed by atoms with E-state index in [1.807, 2.05) is 13.8 Å². The summed E-state index contributed by atoms with van der Waals surface area (Å²) in [6, 6.07) is 0.210. The first-order valence-electron chi connectivity index (χ1n) is 7.25. The first-order chi connectivity index (χ1) is 8.54. The van der Waals surface area contributed by atoms with Crippen LogP contribution in [0.15, 0.2) is 0 Å². The molecule has 0 radical (unpaired) electrons. The Labute approximate surface area is 112 Å². The summed E-state index contributed by atoms with van der Waals surface area (Å²) >= 11 is 0. The van der Waals surface area contributed by atoms with Crippen molar-refractivity contribution in [1.29, 1.82) is 0 Å². The third-order valence-corrected chi connectivity index (χ3v) is 6.13. The SMILES string of the molecule is CCNCC(C)S(=O)(=O)N1CCCCCC1CC. The molecule has 0 aromatic heterocycles. The highest BCUT2D eigenvalue weighted by atomic mass is 32.2. The van der Waals surface area contributed by atoms with Crippen LogP contribution in [0.3, 0.4) is 0 Å². The Hall–Kier alpha value is -0.130. The van der Waals surface area contributed by atoms with Gasteiger partial charge in [-0.1, -0.05) is 26.7 Å². The molecule has 0 saturated carbocycles. The minimum atomic E-state index is -3.15. The first kappa shape index (κ1) is 15.9. The smallest absolute Gasteiger partial charge is 0.218 e. The molecule has 5 heteroatoms. The van der Waals surface area contributed by atoms with Crippen molar-refractivity contribution in [1.82, 2.24) is 9.62 Å². The largest absolute Gasteiger partial charge is 0.316 e. The average molecular weight is 276 g/mol. The second-order valence-corrected chi connectivity index (χ2v) is 7.49. The highest BCUT2D eigenvalue weighted by molar-refractivity contribution is 7.89. The fraction of sp³-hybridized carbons (Fsp3) is 1.00. The normalized spacial score (nSPS) is 24.7. The van der Waals surface area contributed by atoms with Gasteiger partial charge in [-0.05, 0) is 32.7 Å². The number of hydrogen-bond donors (Lipinski definition) is 1. The molecule has 0 spiro atoms. The first-order valence-corrected chi connectivity index (χ1v) is 8.75. The molecule has 0 amide bonds. The lowest BCUT2D eigenvalue weighted by molar-refractivity contribution is 0.311. The molecular formula is C13H28N2O2S. The number of sulfonamides is 1. The summed E-state index contributed by atoms with van der Waals surface area (Å²) in [6.45, 7) is 7.98. The summed E-state index contributed by atoms with van der Waals surface area (Å²) in [4.78, 5) is 0. The van der Waals surface area contributed by atoms with Gasteiger partial charge < -0.3 is 5.32 Å². The Morgan fingerprint density at radius 3 is 2.61 bits per heavy atom. The highest BCUT2D eigenvalue weighted by Gasteiger charge is 2.33. The summed E-state index contributed by atoms with van der Waals surface area (Å²) in [5, 5.41) is 2.81. The maximum Gasteiger partial charge on any atom is 0.218 e. The molecule has 1 fully saturated rings. The number of nitrogens with zero attached hydrogens (tertiary/aromatic N) is 1. The van der Waals surface area contributed by atoms with E-state index in [1.54, 1.807) is 4.31 Å². The molecule has 0 bridgehead atoms. The van der Waals surface area contributed by atoms with Gasteiger partial charge in [0.05, 0.1) is 5.25 Å². The quantitative estimate of drug-likeness (QED) is 0.807. The summed E-state index contributed by atoms with van der Waals surface area (Å²) in [6.07, 6.45) is 5.26. The standard InChI is InChI=1S/C13H28N2O2S/c1-4-13-9-7-6-8-10-15(13)18(16,17)12(3)11-14-5-2/h12-14H,4-11H2,1-3H3. The topological polar surface area (TPSA) is 49.4 Å². The van der Waals surface area contributed by atoms with E-state index in [2.05, 4.69) is 12.2 Å². The Kier molecular flexibility index (Phi) is 6.60. The maximum absolute atomic E-state index is 12.6. The van der Waals surface area contributed by atoms with E-state index in [0.717, 1.165) is 38.6 Å². The van der Waals surface area contributed by atoms with Crippen LogP contribution in [0.1, 0.15) is 52.9 Å². The van der Waals surface area contributed by atoms with Crippen LogP contribution in [0.2, 0.25) is 0 Å². The van der Waals surface area contributed by atoms with Crippen LogP contribution >= 0.6 is 0 Å². The number of rotatable bonds is 6. The van der Waals surface area contributed by atoms with Crippen molar-refractivity contribution in [3.8, 4) is 0 Å². The lowest BCUT2D eigenvalue weighted by atomic mass is 10.1. The second-order valence-electron chi connectivity index (χ2n) is 5.19. The van der Waals surface area contributed by atoms with Crippen molar-refractivity contribution in [2.75, 3.05) is 19.6 Å². The van der Waals surface area contributed by atoms with Crippen LogP contribution in [0.5, 0.6) is 0 Å². The zero-order chi connectivity index (χ0) is 13.6. The van der Waals surface area contributed by atoms with Gasteiger partial charge in [0.15, 0.2) is 0 Å². The van der Waals surface area contributed by atoms with Gasteiger partial charge in [0.25, 0.3) is 0 Å². The summed E-state index contributed by atoms with van der Waals surface area (Å²) in [5.74, 6) is 0. The average Bonchev–Trinajstić information content (AvgIpc) is 2.60. The molecule has 18 heavy (non-hydrogen) atoms. The Morgan fingerprint density at radius 1 is 1.28 bits per heavy atom. The maximum atomic E-state index is 12.6. The third kappa shape index (κ3) is 3.93. The van der Waals surface area contributed by atoms with Crippen LogP contribution in [-0.4, -0.2) is 43.6 Å². The third-order valence-electron chi connectivity index (χ3n) is 3.81. The molecule has 1 aliphatic heterocycles. The molecule has 0 aromatic rings. The zero-order valence-electron chi connectivity index (χ0n) is 12.0. The molecule has 4 nitrogen and oxygen atoms in total. The number of nitrogens with one attached hydrogen (secondary N) is 1. The van der Waals surface area contributed by atoms with E-state index in [4.69, 9.17) is 0 Å². The van der Waals surface area contributed by atoms with Crippen LogP contribution < -0.4 is 5.32 Å². The summed E-state index contributed by atoms with van der Waals surface area (Å²) < 4.78 is 27.0. The molecule has 0 aliphatic carbocycles. The number of hydrogen-bond acceptors (Lipinski definition) is 3. The minimum Gasteiger partial charge on any atom is -0.316 e. The van der Waals surface area contributed by atoms with E-state index >= 15 is 0 Å². The summed E-state index contributed by atoms with van der Waals surface area (Å²) in [7, 11) is -3.15. The molecule has 1 heterocycles. The van der Waals surface area contributed by atoms with E-state index in [1.165, 1.54) is 0 Å².